The lowest BCUT2D eigenvalue weighted by Crippen LogP contribution is -2.47. The maximum Gasteiger partial charge on any atom is 0.323 e. The van der Waals surface area contributed by atoms with Crippen molar-refractivity contribution in [2.24, 2.45) is 0 Å². The number of ether oxygens (including phenoxy) is 1. The van der Waals surface area contributed by atoms with E-state index in [1.807, 2.05) is 76.5 Å². The summed E-state index contributed by atoms with van der Waals surface area (Å²) in [7, 11) is 5.72. The zero-order chi connectivity index (χ0) is 29.4. The van der Waals surface area contributed by atoms with Crippen LogP contribution < -0.4 is 30.5 Å². The van der Waals surface area contributed by atoms with Gasteiger partial charge in [-0.05, 0) is 88.4 Å². The van der Waals surface area contributed by atoms with Crippen molar-refractivity contribution in [1.82, 2.24) is 10.2 Å². The Morgan fingerprint density at radius 1 is 0.878 bits per heavy atom. The van der Waals surface area contributed by atoms with Crippen molar-refractivity contribution >= 4 is 34.7 Å². The smallest absolute Gasteiger partial charge is 0.323 e. The maximum atomic E-state index is 13.4. The summed E-state index contributed by atoms with van der Waals surface area (Å²) in [6.45, 7) is 8.53. The standard InChI is InChI=1S/C32H42N6O3/c1-23-10-8-11-27(24(23)2)35-32(40)34-25-14-15-28(26(22-25)31(39)33-16-9-17-36(3)4)37-18-20-38(21-19-37)29-12-6-7-13-30(29)41-5/h6-8,10-15,22H,9,16-21H2,1-5H3,(H,33,39)(H2,34,35,40). The van der Waals surface area contributed by atoms with Gasteiger partial charge in [0.15, 0.2) is 0 Å². The summed E-state index contributed by atoms with van der Waals surface area (Å²) in [6.07, 6.45) is 0.849. The zero-order valence-electron chi connectivity index (χ0n) is 24.8. The molecule has 0 aliphatic carbocycles. The lowest BCUT2D eigenvalue weighted by molar-refractivity contribution is 0.0952. The number of hydrogen-bond acceptors (Lipinski definition) is 6. The molecule has 0 bridgehead atoms. The molecule has 0 saturated carbocycles. The summed E-state index contributed by atoms with van der Waals surface area (Å²) in [5, 5.41) is 8.91. The van der Waals surface area contributed by atoms with Gasteiger partial charge >= 0.3 is 6.03 Å². The number of rotatable bonds is 10. The van der Waals surface area contributed by atoms with E-state index in [1.54, 1.807) is 13.2 Å². The van der Waals surface area contributed by atoms with Crippen LogP contribution in [-0.4, -0.2) is 77.3 Å². The van der Waals surface area contributed by atoms with Crippen molar-refractivity contribution in [1.29, 1.82) is 0 Å². The molecular weight excluding hydrogens is 516 g/mol. The number of aryl methyl sites for hydroxylation is 1. The minimum Gasteiger partial charge on any atom is -0.495 e. The van der Waals surface area contributed by atoms with Gasteiger partial charge in [-0.2, -0.15) is 0 Å². The summed E-state index contributed by atoms with van der Waals surface area (Å²) in [6, 6.07) is 19.0. The fourth-order valence-electron chi connectivity index (χ4n) is 5.01. The third-order valence-corrected chi connectivity index (χ3v) is 7.47. The second kappa shape index (κ2) is 13.9. The molecule has 9 nitrogen and oxygen atoms in total. The molecule has 1 aliphatic rings. The predicted molar refractivity (Wildman–Crippen MR) is 168 cm³/mol. The number of carbonyl (C=O) groups is 2. The van der Waals surface area contributed by atoms with Gasteiger partial charge in [0.05, 0.1) is 18.4 Å². The van der Waals surface area contributed by atoms with Crippen molar-refractivity contribution in [3.63, 3.8) is 0 Å². The van der Waals surface area contributed by atoms with Crippen LogP contribution in [-0.2, 0) is 0 Å². The first-order valence-electron chi connectivity index (χ1n) is 14.1. The number of para-hydroxylation sites is 2. The Labute approximate surface area is 243 Å². The maximum absolute atomic E-state index is 13.4. The molecule has 0 radical (unpaired) electrons. The van der Waals surface area contributed by atoms with Crippen molar-refractivity contribution < 1.29 is 14.3 Å². The average Bonchev–Trinajstić information content (AvgIpc) is 2.97. The molecule has 1 saturated heterocycles. The molecule has 0 atom stereocenters. The third-order valence-electron chi connectivity index (χ3n) is 7.47. The highest BCUT2D eigenvalue weighted by Gasteiger charge is 2.24. The number of urea groups is 1. The Hall–Kier alpha value is -4.24. The number of hydrogen-bond donors (Lipinski definition) is 3. The van der Waals surface area contributed by atoms with E-state index in [0.717, 1.165) is 73.1 Å². The number of anilines is 4. The third kappa shape index (κ3) is 7.70. The topological polar surface area (TPSA) is 89.2 Å². The van der Waals surface area contributed by atoms with Crippen LogP contribution >= 0.6 is 0 Å². The lowest BCUT2D eigenvalue weighted by atomic mass is 10.1. The summed E-state index contributed by atoms with van der Waals surface area (Å²) in [4.78, 5) is 32.9. The Morgan fingerprint density at radius 3 is 2.29 bits per heavy atom. The second-order valence-electron chi connectivity index (χ2n) is 10.6. The first-order valence-corrected chi connectivity index (χ1v) is 14.1. The van der Waals surface area contributed by atoms with Crippen LogP contribution in [0.5, 0.6) is 5.75 Å². The van der Waals surface area contributed by atoms with Crippen LogP contribution in [0, 0.1) is 13.8 Å². The monoisotopic (exact) mass is 558 g/mol. The van der Waals surface area contributed by atoms with E-state index < -0.39 is 0 Å². The van der Waals surface area contributed by atoms with E-state index >= 15 is 0 Å². The van der Waals surface area contributed by atoms with Gasteiger partial charge in [0.2, 0.25) is 0 Å². The molecule has 9 heteroatoms. The summed E-state index contributed by atoms with van der Waals surface area (Å²) in [5.41, 5.74) is 5.91. The molecule has 1 fully saturated rings. The van der Waals surface area contributed by atoms with Crippen molar-refractivity contribution in [2.75, 3.05) is 80.9 Å². The number of piperazine rings is 1. The van der Waals surface area contributed by atoms with Crippen LogP contribution in [0.3, 0.4) is 0 Å². The first kappa shape index (κ1) is 29.7. The fraction of sp³-hybridized carbons (Fsp3) is 0.375. The minimum absolute atomic E-state index is 0.149. The van der Waals surface area contributed by atoms with Gasteiger partial charge in [-0.15, -0.1) is 0 Å². The zero-order valence-corrected chi connectivity index (χ0v) is 24.8. The fourth-order valence-corrected chi connectivity index (χ4v) is 5.01. The number of nitrogens with one attached hydrogen (secondary N) is 3. The van der Waals surface area contributed by atoms with Gasteiger partial charge in [0.1, 0.15) is 5.75 Å². The Morgan fingerprint density at radius 2 is 1.59 bits per heavy atom. The highest BCUT2D eigenvalue weighted by atomic mass is 16.5. The van der Waals surface area contributed by atoms with E-state index in [1.165, 1.54) is 0 Å². The molecule has 3 aromatic rings. The molecule has 218 valence electrons. The van der Waals surface area contributed by atoms with E-state index in [9.17, 15) is 9.59 Å². The largest absolute Gasteiger partial charge is 0.495 e. The number of nitrogens with zero attached hydrogens (tertiary/aromatic N) is 3. The van der Waals surface area contributed by atoms with Crippen LogP contribution in [0.4, 0.5) is 27.5 Å². The van der Waals surface area contributed by atoms with Crippen LogP contribution in [0.2, 0.25) is 0 Å². The predicted octanol–water partition coefficient (Wildman–Crippen LogP) is 4.96. The van der Waals surface area contributed by atoms with Gasteiger partial charge < -0.3 is 35.4 Å². The Bertz CT molecular complexity index is 1350. The Kier molecular flexibility index (Phi) is 10.1. The first-order chi connectivity index (χ1) is 19.8. The van der Waals surface area contributed by atoms with Gasteiger partial charge in [-0.1, -0.05) is 24.3 Å². The number of amides is 3. The molecule has 3 N–H and O–H groups in total. The van der Waals surface area contributed by atoms with Crippen LogP contribution in [0.25, 0.3) is 0 Å². The molecular formula is C32H42N6O3. The van der Waals surface area contributed by atoms with Gasteiger partial charge in [-0.25, -0.2) is 4.79 Å². The summed E-state index contributed by atoms with van der Waals surface area (Å²) >= 11 is 0. The summed E-state index contributed by atoms with van der Waals surface area (Å²) in [5.74, 6) is 0.706. The van der Waals surface area contributed by atoms with E-state index in [0.29, 0.717) is 17.8 Å². The minimum atomic E-state index is -0.353. The van der Waals surface area contributed by atoms with Gasteiger partial charge in [0, 0.05) is 49.8 Å². The van der Waals surface area contributed by atoms with Crippen molar-refractivity contribution in [3.8, 4) is 5.75 Å². The molecule has 0 unspecified atom stereocenters. The lowest BCUT2D eigenvalue weighted by Gasteiger charge is -2.38. The average molecular weight is 559 g/mol. The van der Waals surface area contributed by atoms with Crippen LogP contribution in [0.15, 0.2) is 60.7 Å². The van der Waals surface area contributed by atoms with Crippen molar-refractivity contribution in [2.45, 2.75) is 20.3 Å². The number of methoxy groups -OCH3 is 1. The highest BCUT2D eigenvalue weighted by molar-refractivity contribution is 6.04. The molecule has 3 aromatic carbocycles. The molecule has 0 spiro atoms. The molecule has 1 heterocycles. The van der Waals surface area contributed by atoms with Crippen LogP contribution in [0.1, 0.15) is 27.9 Å². The highest BCUT2D eigenvalue weighted by Crippen LogP contribution is 2.31. The van der Waals surface area contributed by atoms with Gasteiger partial charge in [-0.3, -0.25) is 4.79 Å². The number of benzene rings is 3. The van der Waals surface area contributed by atoms with E-state index in [4.69, 9.17) is 4.74 Å². The van der Waals surface area contributed by atoms with Crippen molar-refractivity contribution in [3.05, 3.63) is 77.4 Å². The molecule has 0 aromatic heterocycles. The molecule has 4 rings (SSSR count). The molecule has 41 heavy (non-hydrogen) atoms. The molecule has 1 aliphatic heterocycles. The summed E-state index contributed by atoms with van der Waals surface area (Å²) < 4.78 is 5.57. The normalized spacial score (nSPS) is 13.2. The Balaban J connectivity index is 1.50. The van der Waals surface area contributed by atoms with Gasteiger partial charge in [0.25, 0.3) is 5.91 Å². The number of carbonyl (C=O) groups excluding carboxylic acids is 2. The molecule has 3 amide bonds. The SMILES string of the molecule is COc1ccccc1N1CCN(c2ccc(NC(=O)Nc3cccc(C)c3C)cc2C(=O)NCCCN(C)C)CC1. The second-order valence-corrected chi connectivity index (χ2v) is 10.6. The quantitative estimate of drug-likeness (QED) is 0.305. The van der Waals surface area contributed by atoms with E-state index in [-0.39, 0.29) is 11.9 Å². The van der Waals surface area contributed by atoms with E-state index in [2.05, 4.69) is 36.7 Å².